The molecule has 0 heterocycles. The van der Waals surface area contributed by atoms with E-state index in [2.05, 4.69) is 0 Å². The molecule has 0 radical (unpaired) electrons. The van der Waals surface area contributed by atoms with Crippen molar-refractivity contribution in [2.45, 2.75) is 32.2 Å². The highest BCUT2D eigenvalue weighted by atomic mass is 16.5. The summed E-state index contributed by atoms with van der Waals surface area (Å²) in [6.45, 7) is 2.22. The Morgan fingerprint density at radius 2 is 2.36 bits per heavy atom. The van der Waals surface area contributed by atoms with E-state index < -0.39 is 0 Å². The predicted octanol–water partition coefficient (Wildman–Crippen LogP) is 0.677. The number of carbonyl (C=O) groups is 1. The second kappa shape index (κ2) is 3.72. The summed E-state index contributed by atoms with van der Waals surface area (Å²) >= 11 is 0. The largest absolute Gasteiger partial charge is 0.465 e. The maximum absolute atomic E-state index is 11.0. The third kappa shape index (κ3) is 2.89. The molecule has 0 bridgehead atoms. The Labute approximate surface area is 66.9 Å². The lowest BCUT2D eigenvalue weighted by Gasteiger charge is -2.08. The summed E-state index contributed by atoms with van der Waals surface area (Å²) in [5.74, 6) is 0.439. The molecule has 3 heteroatoms. The van der Waals surface area contributed by atoms with Gasteiger partial charge in [0.15, 0.2) is 0 Å². The Balaban J connectivity index is 2.15. The minimum absolute atomic E-state index is 0.251. The van der Waals surface area contributed by atoms with Crippen LogP contribution >= 0.6 is 0 Å². The van der Waals surface area contributed by atoms with Gasteiger partial charge in [-0.2, -0.15) is 0 Å². The Kier molecular flexibility index (Phi) is 2.88. The second-order valence-corrected chi connectivity index (χ2v) is 3.04. The molecule has 1 atom stereocenters. The SMILES string of the molecule is CCOC(=O)C(N)CC1CC1. The van der Waals surface area contributed by atoms with Crippen LogP contribution in [0, 0.1) is 5.92 Å². The van der Waals surface area contributed by atoms with Crippen LogP contribution in [0.5, 0.6) is 0 Å². The molecule has 0 saturated heterocycles. The zero-order chi connectivity index (χ0) is 8.27. The van der Waals surface area contributed by atoms with Crippen molar-refractivity contribution in [1.82, 2.24) is 0 Å². The van der Waals surface area contributed by atoms with Crippen molar-refractivity contribution >= 4 is 5.97 Å². The molecular weight excluding hydrogens is 142 g/mol. The highest BCUT2D eigenvalue weighted by Crippen LogP contribution is 2.33. The molecule has 1 rings (SSSR count). The lowest BCUT2D eigenvalue weighted by atomic mass is 10.1. The summed E-state index contributed by atoms with van der Waals surface area (Å²) in [7, 11) is 0. The zero-order valence-electron chi connectivity index (χ0n) is 6.88. The van der Waals surface area contributed by atoms with E-state index in [0.29, 0.717) is 12.5 Å². The third-order valence-corrected chi connectivity index (χ3v) is 1.87. The maximum atomic E-state index is 11.0. The Morgan fingerprint density at radius 1 is 1.73 bits per heavy atom. The number of carbonyl (C=O) groups excluding carboxylic acids is 1. The van der Waals surface area contributed by atoms with E-state index in [4.69, 9.17) is 10.5 Å². The molecule has 0 aromatic carbocycles. The van der Waals surface area contributed by atoms with Gasteiger partial charge in [-0.25, -0.2) is 0 Å². The Hall–Kier alpha value is -0.570. The number of ether oxygens (including phenoxy) is 1. The average molecular weight is 157 g/mol. The first-order chi connectivity index (χ1) is 5.24. The fourth-order valence-electron chi connectivity index (χ4n) is 1.06. The van der Waals surface area contributed by atoms with E-state index in [1.807, 2.05) is 0 Å². The Morgan fingerprint density at radius 3 is 2.82 bits per heavy atom. The molecule has 1 saturated carbocycles. The normalized spacial score (nSPS) is 19.5. The summed E-state index contributed by atoms with van der Waals surface area (Å²) < 4.78 is 4.77. The summed E-state index contributed by atoms with van der Waals surface area (Å²) in [6, 6.07) is -0.387. The van der Waals surface area contributed by atoms with Gasteiger partial charge in [0.25, 0.3) is 0 Å². The first-order valence-electron chi connectivity index (χ1n) is 4.16. The number of nitrogens with two attached hydrogens (primary N) is 1. The number of hydrogen-bond acceptors (Lipinski definition) is 3. The van der Waals surface area contributed by atoms with Crippen LogP contribution in [0.2, 0.25) is 0 Å². The van der Waals surface area contributed by atoms with Gasteiger partial charge in [0.2, 0.25) is 0 Å². The molecule has 1 aliphatic carbocycles. The summed E-state index contributed by atoms with van der Waals surface area (Å²) in [5, 5.41) is 0. The first kappa shape index (κ1) is 8.53. The van der Waals surface area contributed by atoms with E-state index in [1.54, 1.807) is 6.92 Å². The van der Waals surface area contributed by atoms with Crippen molar-refractivity contribution in [2.75, 3.05) is 6.61 Å². The molecule has 0 spiro atoms. The van der Waals surface area contributed by atoms with Crippen LogP contribution in [0.15, 0.2) is 0 Å². The molecular formula is C8H15NO2. The molecule has 1 unspecified atom stereocenters. The van der Waals surface area contributed by atoms with Gasteiger partial charge >= 0.3 is 5.97 Å². The second-order valence-electron chi connectivity index (χ2n) is 3.04. The van der Waals surface area contributed by atoms with Crippen LogP contribution in [-0.2, 0) is 9.53 Å². The molecule has 11 heavy (non-hydrogen) atoms. The molecule has 0 amide bonds. The summed E-state index contributed by atoms with van der Waals surface area (Å²) in [6.07, 6.45) is 3.26. The topological polar surface area (TPSA) is 52.3 Å². The van der Waals surface area contributed by atoms with Gasteiger partial charge in [0.05, 0.1) is 6.61 Å². The predicted molar refractivity (Wildman–Crippen MR) is 41.9 cm³/mol. The molecule has 1 fully saturated rings. The lowest BCUT2D eigenvalue weighted by Crippen LogP contribution is -2.32. The van der Waals surface area contributed by atoms with E-state index >= 15 is 0 Å². The number of esters is 1. The van der Waals surface area contributed by atoms with Gasteiger partial charge in [0, 0.05) is 0 Å². The monoisotopic (exact) mass is 157 g/mol. The van der Waals surface area contributed by atoms with Crippen molar-refractivity contribution in [3.63, 3.8) is 0 Å². The fraction of sp³-hybridized carbons (Fsp3) is 0.875. The van der Waals surface area contributed by atoms with Crippen LogP contribution < -0.4 is 5.73 Å². The summed E-state index contributed by atoms with van der Waals surface area (Å²) in [4.78, 5) is 11.0. The van der Waals surface area contributed by atoms with Crippen molar-refractivity contribution in [3.05, 3.63) is 0 Å². The zero-order valence-corrected chi connectivity index (χ0v) is 6.88. The van der Waals surface area contributed by atoms with E-state index in [0.717, 1.165) is 6.42 Å². The minimum Gasteiger partial charge on any atom is -0.465 e. The van der Waals surface area contributed by atoms with Crippen molar-refractivity contribution in [2.24, 2.45) is 11.7 Å². The molecule has 0 aromatic rings. The molecule has 3 nitrogen and oxygen atoms in total. The fourth-order valence-corrected chi connectivity index (χ4v) is 1.06. The molecule has 0 aliphatic heterocycles. The summed E-state index contributed by atoms with van der Waals surface area (Å²) in [5.41, 5.74) is 5.57. The molecule has 2 N–H and O–H groups in total. The highest BCUT2D eigenvalue weighted by Gasteiger charge is 2.27. The van der Waals surface area contributed by atoms with Gasteiger partial charge < -0.3 is 10.5 Å². The van der Waals surface area contributed by atoms with Crippen LogP contribution in [0.4, 0.5) is 0 Å². The lowest BCUT2D eigenvalue weighted by molar-refractivity contribution is -0.144. The van der Waals surface area contributed by atoms with E-state index in [9.17, 15) is 4.79 Å². The van der Waals surface area contributed by atoms with Crippen LogP contribution in [-0.4, -0.2) is 18.6 Å². The highest BCUT2D eigenvalue weighted by molar-refractivity contribution is 5.75. The van der Waals surface area contributed by atoms with Gasteiger partial charge in [-0.1, -0.05) is 12.8 Å². The van der Waals surface area contributed by atoms with Crippen LogP contribution in [0.25, 0.3) is 0 Å². The van der Waals surface area contributed by atoms with Gasteiger partial charge in [-0.15, -0.1) is 0 Å². The third-order valence-electron chi connectivity index (χ3n) is 1.87. The van der Waals surface area contributed by atoms with E-state index in [1.165, 1.54) is 12.8 Å². The van der Waals surface area contributed by atoms with Crippen molar-refractivity contribution in [1.29, 1.82) is 0 Å². The van der Waals surface area contributed by atoms with Crippen molar-refractivity contribution < 1.29 is 9.53 Å². The minimum atomic E-state index is -0.387. The van der Waals surface area contributed by atoms with Crippen molar-refractivity contribution in [3.8, 4) is 0 Å². The maximum Gasteiger partial charge on any atom is 0.322 e. The molecule has 64 valence electrons. The van der Waals surface area contributed by atoms with Gasteiger partial charge in [-0.05, 0) is 19.3 Å². The number of hydrogen-bond donors (Lipinski definition) is 1. The quantitative estimate of drug-likeness (QED) is 0.610. The average Bonchev–Trinajstić information content (AvgIpc) is 2.72. The van der Waals surface area contributed by atoms with Crippen LogP contribution in [0.3, 0.4) is 0 Å². The first-order valence-corrected chi connectivity index (χ1v) is 4.16. The van der Waals surface area contributed by atoms with Crippen LogP contribution in [0.1, 0.15) is 26.2 Å². The van der Waals surface area contributed by atoms with E-state index in [-0.39, 0.29) is 12.0 Å². The number of rotatable bonds is 4. The standard InChI is InChI=1S/C8H15NO2/c1-2-11-8(10)7(9)5-6-3-4-6/h6-7H,2-5,9H2,1H3. The van der Waals surface area contributed by atoms with Gasteiger partial charge in [0.1, 0.15) is 6.04 Å². The Bertz CT molecular complexity index is 143. The smallest absolute Gasteiger partial charge is 0.322 e. The van der Waals surface area contributed by atoms with Gasteiger partial charge in [-0.3, -0.25) is 4.79 Å². The molecule has 1 aliphatic rings. The molecule has 0 aromatic heterocycles.